The zero-order valence-electron chi connectivity index (χ0n) is 13.0. The maximum Gasteiger partial charge on any atom is 0.228 e. The SMILES string of the molecule is C[Si](C)(C)C([Si]OCI)([Si](C)(C)C)[Si](C)(C)C. The predicted octanol–water partition coefficient (Wildman–Crippen LogP) is 4.81. The monoisotopic (exact) mass is 416 g/mol. The zero-order chi connectivity index (χ0) is 14.1. The molecule has 0 saturated carbocycles. The Kier molecular flexibility index (Phi) is 6.44. The third-order valence-corrected chi connectivity index (χ3v) is 33.1. The van der Waals surface area contributed by atoms with Gasteiger partial charge in [0, 0.05) is 24.2 Å². The summed E-state index contributed by atoms with van der Waals surface area (Å²) in [6, 6.07) is 0. The van der Waals surface area contributed by atoms with E-state index in [1.165, 1.54) is 0 Å². The maximum atomic E-state index is 6.00. The van der Waals surface area contributed by atoms with Gasteiger partial charge in [0.25, 0.3) is 0 Å². The molecule has 6 heteroatoms. The molecule has 0 aromatic rings. The Morgan fingerprint density at radius 1 is 0.824 bits per heavy atom. The Hall–Kier alpha value is 1.56. The molecule has 0 aliphatic carbocycles. The van der Waals surface area contributed by atoms with Crippen molar-refractivity contribution in [2.24, 2.45) is 0 Å². The van der Waals surface area contributed by atoms with Gasteiger partial charge in [-0.05, 0) is 3.91 Å². The highest BCUT2D eigenvalue weighted by Crippen LogP contribution is 2.52. The minimum absolute atomic E-state index is 0.582. The average Bonchev–Trinajstić information content (AvgIpc) is 1.96. The van der Waals surface area contributed by atoms with Gasteiger partial charge in [0.15, 0.2) is 0 Å². The molecule has 0 amide bonds. The summed E-state index contributed by atoms with van der Waals surface area (Å²) in [6.07, 6.45) is 0. The summed E-state index contributed by atoms with van der Waals surface area (Å²) in [4.78, 5) is 0. The van der Waals surface area contributed by atoms with E-state index in [9.17, 15) is 0 Å². The largest absolute Gasteiger partial charge is 0.409 e. The Balaban J connectivity index is 5.75. The molecular formula is C11H29IOSi4. The fraction of sp³-hybridized carbons (Fsp3) is 1.00. The van der Waals surface area contributed by atoms with Gasteiger partial charge in [0.05, 0.1) is 4.61 Å². The van der Waals surface area contributed by atoms with Gasteiger partial charge in [-0.25, -0.2) is 0 Å². The number of rotatable bonds is 6. The van der Waals surface area contributed by atoms with E-state index >= 15 is 0 Å². The average molecular weight is 417 g/mol. The molecule has 0 saturated heterocycles. The maximum absolute atomic E-state index is 6.00. The van der Waals surface area contributed by atoms with Crippen LogP contribution in [0.2, 0.25) is 62.8 Å². The summed E-state index contributed by atoms with van der Waals surface area (Å²) >= 11 is 2.34. The molecule has 102 valence electrons. The predicted molar refractivity (Wildman–Crippen MR) is 98.5 cm³/mol. The Morgan fingerprint density at radius 3 is 1.29 bits per heavy atom. The van der Waals surface area contributed by atoms with Crippen molar-refractivity contribution in [1.29, 1.82) is 0 Å². The van der Waals surface area contributed by atoms with E-state index in [1.807, 2.05) is 0 Å². The first-order valence-electron chi connectivity index (χ1n) is 6.26. The van der Waals surface area contributed by atoms with Crippen molar-refractivity contribution in [3.05, 3.63) is 0 Å². The molecule has 1 nitrogen and oxygen atoms in total. The van der Waals surface area contributed by atoms with Crippen LogP contribution in [0.3, 0.4) is 0 Å². The quantitative estimate of drug-likeness (QED) is 0.343. The summed E-state index contributed by atoms with van der Waals surface area (Å²) in [7, 11) is -2.99. The highest BCUT2D eigenvalue weighted by Gasteiger charge is 2.60. The molecule has 0 bridgehead atoms. The number of hydrogen-bond donors (Lipinski definition) is 0. The van der Waals surface area contributed by atoms with Crippen molar-refractivity contribution >= 4 is 56.6 Å². The van der Waals surface area contributed by atoms with Gasteiger partial charge in [0.2, 0.25) is 9.76 Å². The van der Waals surface area contributed by atoms with Crippen LogP contribution >= 0.6 is 22.6 Å². The molecule has 0 spiro atoms. The van der Waals surface area contributed by atoms with Crippen LogP contribution in [0.4, 0.5) is 0 Å². The molecule has 0 N–H and O–H groups in total. The number of alkyl halides is 1. The zero-order valence-corrected chi connectivity index (χ0v) is 19.2. The molecule has 0 aromatic carbocycles. The van der Waals surface area contributed by atoms with Crippen LogP contribution in [0.5, 0.6) is 0 Å². The second-order valence-corrected chi connectivity index (χ2v) is 28.5. The van der Waals surface area contributed by atoms with Crippen molar-refractivity contribution in [2.75, 3.05) is 4.61 Å². The first-order chi connectivity index (χ1) is 7.31. The summed E-state index contributed by atoms with van der Waals surface area (Å²) in [5.41, 5.74) is 0. The highest BCUT2D eigenvalue weighted by molar-refractivity contribution is 14.1. The molecule has 0 heterocycles. The van der Waals surface area contributed by atoms with Gasteiger partial charge < -0.3 is 4.43 Å². The second-order valence-electron chi connectivity index (χ2n) is 7.86. The van der Waals surface area contributed by atoms with Crippen molar-refractivity contribution in [3.63, 3.8) is 0 Å². The van der Waals surface area contributed by atoms with Gasteiger partial charge in [0.1, 0.15) is 0 Å². The molecule has 0 atom stereocenters. The lowest BCUT2D eigenvalue weighted by molar-refractivity contribution is 0.427. The Labute approximate surface area is 128 Å². The number of halogens is 1. The molecular weight excluding hydrogens is 387 g/mol. The van der Waals surface area contributed by atoms with Gasteiger partial charge in [-0.15, -0.1) is 0 Å². The van der Waals surface area contributed by atoms with E-state index in [1.54, 1.807) is 0 Å². The summed E-state index contributed by atoms with van der Waals surface area (Å²) in [5, 5.41) is 0. The van der Waals surface area contributed by atoms with Crippen LogP contribution in [0.25, 0.3) is 0 Å². The lowest BCUT2D eigenvalue weighted by Gasteiger charge is -2.58. The lowest BCUT2D eigenvalue weighted by atomic mass is 11.6. The van der Waals surface area contributed by atoms with Crippen LogP contribution in [0, 0.1) is 0 Å². The van der Waals surface area contributed by atoms with E-state index in [0.717, 1.165) is 14.4 Å². The van der Waals surface area contributed by atoms with Crippen LogP contribution < -0.4 is 0 Å². The van der Waals surface area contributed by atoms with Crippen molar-refractivity contribution in [3.8, 4) is 0 Å². The fourth-order valence-corrected chi connectivity index (χ4v) is 36.0. The van der Waals surface area contributed by atoms with Crippen LogP contribution in [-0.2, 0) is 4.43 Å². The molecule has 0 unspecified atom stereocenters. The molecule has 17 heavy (non-hydrogen) atoms. The minimum Gasteiger partial charge on any atom is -0.409 e. The molecule has 0 aliphatic rings. The first-order valence-corrected chi connectivity index (χ1v) is 19.2. The topological polar surface area (TPSA) is 9.23 Å². The van der Waals surface area contributed by atoms with Gasteiger partial charge >= 0.3 is 0 Å². The standard InChI is InChI=1S/C11H29IOSi4/c1-15(2,3)11(14-13-10-12,16(4,5)6)17(7,8)9/h10H2,1-9H3. The molecule has 2 radical (unpaired) electrons. The van der Waals surface area contributed by atoms with E-state index < -0.39 is 24.2 Å². The summed E-state index contributed by atoms with van der Waals surface area (Å²) in [5.74, 6) is 0. The van der Waals surface area contributed by atoms with Crippen molar-refractivity contribution in [2.45, 2.75) is 62.8 Å². The smallest absolute Gasteiger partial charge is 0.228 e. The highest BCUT2D eigenvalue weighted by atomic mass is 127. The van der Waals surface area contributed by atoms with Crippen LogP contribution in [0.15, 0.2) is 0 Å². The lowest BCUT2D eigenvalue weighted by Crippen LogP contribution is -2.68. The van der Waals surface area contributed by atoms with Gasteiger partial charge in [-0.2, -0.15) is 0 Å². The van der Waals surface area contributed by atoms with E-state index in [-0.39, 0.29) is 0 Å². The minimum atomic E-state index is -1.24. The van der Waals surface area contributed by atoms with E-state index in [0.29, 0.717) is 3.91 Å². The molecule has 0 rings (SSSR count). The fourth-order valence-electron chi connectivity index (χ4n) is 3.97. The van der Waals surface area contributed by atoms with Crippen LogP contribution in [0.1, 0.15) is 0 Å². The first kappa shape index (κ1) is 18.6. The summed E-state index contributed by atoms with van der Waals surface area (Å²) in [6.45, 7) is 23.1. The van der Waals surface area contributed by atoms with Crippen molar-refractivity contribution < 1.29 is 4.43 Å². The van der Waals surface area contributed by atoms with Crippen molar-refractivity contribution in [1.82, 2.24) is 0 Å². The van der Waals surface area contributed by atoms with E-state index in [4.69, 9.17) is 4.43 Å². The number of hydrogen-bond acceptors (Lipinski definition) is 1. The molecule has 0 aromatic heterocycles. The molecule has 0 aliphatic heterocycles. The van der Waals surface area contributed by atoms with Crippen LogP contribution in [-0.4, -0.2) is 38.6 Å². The normalized spacial score (nSPS) is 15.2. The van der Waals surface area contributed by atoms with E-state index in [2.05, 4.69) is 81.5 Å². The summed E-state index contributed by atoms with van der Waals surface area (Å²) < 4.78 is 7.42. The third-order valence-electron chi connectivity index (χ3n) is 3.65. The third kappa shape index (κ3) is 3.77. The van der Waals surface area contributed by atoms with Gasteiger partial charge in [-0.1, -0.05) is 81.5 Å². The Morgan fingerprint density at radius 2 is 1.12 bits per heavy atom. The molecule has 0 fully saturated rings. The Bertz CT molecular complexity index is 214. The second kappa shape index (κ2) is 5.90. The van der Waals surface area contributed by atoms with Gasteiger partial charge in [-0.3, -0.25) is 0 Å².